The zero-order chi connectivity index (χ0) is 3.58. The second kappa shape index (κ2) is 15.7. The summed E-state index contributed by atoms with van der Waals surface area (Å²) in [5, 5.41) is 0. The van der Waals surface area contributed by atoms with Crippen molar-refractivity contribution in [1.82, 2.24) is 0 Å². The van der Waals surface area contributed by atoms with Crippen molar-refractivity contribution in [3.8, 4) is 0 Å². The summed E-state index contributed by atoms with van der Waals surface area (Å²) >= 11 is -4.34. The minimum atomic E-state index is -4.34. The van der Waals surface area contributed by atoms with Gasteiger partial charge in [-0.15, -0.1) is 0 Å². The molecule has 0 unspecified atom stereocenters. The van der Waals surface area contributed by atoms with Crippen molar-refractivity contribution < 1.29 is 92.7 Å². The van der Waals surface area contributed by atoms with Crippen molar-refractivity contribution in [3.05, 3.63) is 0 Å². The molecule has 32 valence electrons. The summed E-state index contributed by atoms with van der Waals surface area (Å²) in [5.41, 5.74) is 0. The Morgan fingerprint density at radius 3 is 1.14 bits per heavy atom. The van der Waals surface area contributed by atoms with Crippen LogP contribution in [0.25, 0.3) is 0 Å². The van der Waals surface area contributed by atoms with Gasteiger partial charge in [-0.3, -0.25) is 0 Å². The van der Waals surface area contributed by atoms with E-state index in [0.717, 1.165) is 0 Å². The molecule has 0 rings (SSSR count). The summed E-state index contributed by atoms with van der Waals surface area (Å²) in [4.78, 5) is 0. The SMILES string of the molecule is [F-].[Na+].[Na+].[O]=[Ta](=[O])[O-]. The van der Waals surface area contributed by atoms with Gasteiger partial charge in [0, 0.05) is 0 Å². The molecule has 0 aliphatic carbocycles. The fraction of sp³-hybridized carbons (Fsp3) is 0. The number of halogens is 1. The first-order valence-electron chi connectivity index (χ1n) is 0.548. The van der Waals surface area contributed by atoms with Crippen LogP contribution in [0.1, 0.15) is 0 Å². The molecule has 0 bridgehead atoms. The Morgan fingerprint density at radius 1 is 1.14 bits per heavy atom. The van der Waals surface area contributed by atoms with E-state index in [2.05, 4.69) is 0 Å². The molecule has 0 aliphatic rings. The van der Waals surface area contributed by atoms with Gasteiger partial charge in [0.2, 0.25) is 0 Å². The Morgan fingerprint density at radius 2 is 1.14 bits per heavy atom. The average molecular weight is 294 g/mol. The molecule has 0 aromatic carbocycles. The van der Waals surface area contributed by atoms with E-state index in [0.29, 0.717) is 0 Å². The van der Waals surface area contributed by atoms with E-state index in [9.17, 15) is 0 Å². The van der Waals surface area contributed by atoms with E-state index < -0.39 is 18.8 Å². The zero-order valence-electron chi connectivity index (χ0n) is 4.05. The predicted molar refractivity (Wildman–Crippen MR) is 1.37 cm³/mol. The van der Waals surface area contributed by atoms with Crippen molar-refractivity contribution in [2.75, 3.05) is 0 Å². The molecule has 0 amide bonds. The van der Waals surface area contributed by atoms with Gasteiger partial charge in [0.1, 0.15) is 0 Å². The van der Waals surface area contributed by atoms with Crippen LogP contribution in [-0.2, 0) is 25.3 Å². The standard InChI is InChI=1S/FH.2Na.3O.Ta/h1H;;;;;;/q;2*+1;;;-1;/p-1. The third-order valence-corrected chi connectivity index (χ3v) is 0. The maximum absolute atomic E-state index is 8.62. The molecular weight excluding hydrogens is 294 g/mol. The second-order valence-corrected chi connectivity index (χ2v) is 1.83. The molecular formula is FNa2O3Ta. The van der Waals surface area contributed by atoms with Crippen molar-refractivity contribution in [3.63, 3.8) is 0 Å². The van der Waals surface area contributed by atoms with Gasteiger partial charge in [-0.1, -0.05) is 0 Å². The Bertz CT molecular complexity index is 61.3. The Kier molecular flexibility index (Phi) is 51.4. The van der Waals surface area contributed by atoms with Crippen molar-refractivity contribution in [2.24, 2.45) is 0 Å². The molecule has 0 heterocycles. The fourth-order valence-corrected chi connectivity index (χ4v) is 0. The quantitative estimate of drug-likeness (QED) is 0.417. The first kappa shape index (κ1) is 22.9. The van der Waals surface area contributed by atoms with Gasteiger partial charge < -0.3 is 4.70 Å². The van der Waals surface area contributed by atoms with Crippen LogP contribution in [-0.4, -0.2) is 0 Å². The van der Waals surface area contributed by atoms with Crippen molar-refractivity contribution >= 4 is 0 Å². The van der Waals surface area contributed by atoms with Gasteiger partial charge in [0.05, 0.1) is 0 Å². The average Bonchev–Trinajstić information content (AvgIpc) is 0.811. The molecule has 7 heteroatoms. The third kappa shape index (κ3) is 64.2. The molecule has 7 heavy (non-hydrogen) atoms. The normalized spacial score (nSPS) is 3.57. The topological polar surface area (TPSA) is 57.2 Å². The fourth-order valence-electron chi connectivity index (χ4n) is 0. The zero-order valence-corrected chi connectivity index (χ0v) is 11.3. The van der Waals surface area contributed by atoms with Crippen LogP contribution >= 0.6 is 0 Å². The summed E-state index contributed by atoms with van der Waals surface area (Å²) in [5.74, 6) is 0. The molecule has 0 radical (unpaired) electrons. The van der Waals surface area contributed by atoms with Crippen LogP contribution in [0.2, 0.25) is 0 Å². The Labute approximate surface area is 91.1 Å². The van der Waals surface area contributed by atoms with E-state index in [1.165, 1.54) is 0 Å². The van der Waals surface area contributed by atoms with E-state index in [1.54, 1.807) is 0 Å². The molecule has 0 spiro atoms. The van der Waals surface area contributed by atoms with Gasteiger partial charge in [-0.2, -0.15) is 0 Å². The Hall–Kier alpha value is 2.23. The molecule has 0 saturated carbocycles. The van der Waals surface area contributed by atoms with Crippen molar-refractivity contribution in [2.45, 2.75) is 0 Å². The van der Waals surface area contributed by atoms with Gasteiger partial charge in [0.25, 0.3) is 0 Å². The van der Waals surface area contributed by atoms with Gasteiger partial charge in [-0.25, -0.2) is 0 Å². The van der Waals surface area contributed by atoms with E-state index in [1.807, 2.05) is 0 Å². The van der Waals surface area contributed by atoms with Crippen LogP contribution in [0.15, 0.2) is 0 Å². The van der Waals surface area contributed by atoms with Crippen LogP contribution in [0, 0.1) is 0 Å². The second-order valence-electron chi connectivity index (χ2n) is 0.224. The van der Waals surface area contributed by atoms with Gasteiger partial charge >= 0.3 is 88.0 Å². The van der Waals surface area contributed by atoms with Crippen LogP contribution in [0.5, 0.6) is 0 Å². The van der Waals surface area contributed by atoms with Gasteiger partial charge in [0.15, 0.2) is 0 Å². The summed E-state index contributed by atoms with van der Waals surface area (Å²) in [6.07, 6.45) is 0. The Balaban J connectivity index is -0.0000000150. The summed E-state index contributed by atoms with van der Waals surface area (Å²) in [6, 6.07) is 0. The summed E-state index contributed by atoms with van der Waals surface area (Å²) in [7, 11) is 0. The molecule has 3 nitrogen and oxygen atoms in total. The monoisotopic (exact) mass is 294 g/mol. The van der Waals surface area contributed by atoms with Crippen molar-refractivity contribution in [1.29, 1.82) is 0 Å². The summed E-state index contributed by atoms with van der Waals surface area (Å²) < 4.78 is 25.9. The molecule has 0 aromatic rings. The number of rotatable bonds is 0. The molecule has 0 saturated heterocycles. The molecule has 0 atom stereocenters. The molecule has 0 aromatic heterocycles. The van der Waals surface area contributed by atoms with Crippen LogP contribution < -0.4 is 67.4 Å². The molecule has 0 N–H and O–H groups in total. The maximum atomic E-state index is 8.62. The molecule has 0 fully saturated rings. The van der Waals surface area contributed by atoms with Crippen LogP contribution in [0.3, 0.4) is 0 Å². The molecule has 0 aliphatic heterocycles. The number of hydrogen-bond acceptors (Lipinski definition) is 3. The van der Waals surface area contributed by atoms with E-state index in [-0.39, 0.29) is 63.8 Å². The van der Waals surface area contributed by atoms with Gasteiger partial charge in [-0.05, 0) is 0 Å². The van der Waals surface area contributed by atoms with E-state index >= 15 is 0 Å². The van der Waals surface area contributed by atoms with Crippen LogP contribution in [0.4, 0.5) is 0 Å². The van der Waals surface area contributed by atoms with E-state index in [4.69, 9.17) is 10.1 Å². The third-order valence-electron chi connectivity index (χ3n) is 0. The first-order chi connectivity index (χ1) is 1.73. The summed E-state index contributed by atoms with van der Waals surface area (Å²) in [6.45, 7) is 0. The minimum absolute atomic E-state index is 0. The predicted octanol–water partition coefficient (Wildman–Crippen LogP) is -10.4. The number of hydrogen-bond donors (Lipinski definition) is 0. The first-order valence-corrected chi connectivity index (χ1v) is 4.48.